The second-order valence-electron chi connectivity index (χ2n) is 6.00. The van der Waals surface area contributed by atoms with Gasteiger partial charge in [-0.3, -0.25) is 0 Å². The molecule has 0 saturated heterocycles. The number of rotatable bonds is 3. The van der Waals surface area contributed by atoms with Crippen LogP contribution in [0, 0.1) is 0 Å². The fourth-order valence-electron chi connectivity index (χ4n) is 1.77. The summed E-state index contributed by atoms with van der Waals surface area (Å²) in [4.78, 5) is 13.1. The Morgan fingerprint density at radius 1 is 1.27 bits per heavy atom. The second-order valence-corrected chi connectivity index (χ2v) is 6.00. The van der Waals surface area contributed by atoms with Crippen LogP contribution in [0.25, 0.3) is 6.08 Å². The molecule has 0 bridgehead atoms. The SMILES string of the molecule is C=Cc1cc(CN(C)C(=O)OC(C)(C)C)cc(C(F)(F)F)c1. The minimum atomic E-state index is -4.45. The Kier molecular flexibility index (Phi) is 5.27. The Morgan fingerprint density at radius 3 is 2.32 bits per heavy atom. The summed E-state index contributed by atoms with van der Waals surface area (Å²) in [5.74, 6) is 0. The zero-order chi connectivity index (χ0) is 17.1. The largest absolute Gasteiger partial charge is 0.444 e. The Labute approximate surface area is 128 Å². The molecule has 0 heterocycles. The highest BCUT2D eigenvalue weighted by Gasteiger charge is 2.31. The summed E-state index contributed by atoms with van der Waals surface area (Å²) < 4.78 is 43.8. The summed E-state index contributed by atoms with van der Waals surface area (Å²) in [5, 5.41) is 0. The van der Waals surface area contributed by atoms with Crippen LogP contribution in [0.5, 0.6) is 0 Å². The molecule has 0 saturated carbocycles. The number of halogens is 3. The number of benzene rings is 1. The first-order valence-corrected chi connectivity index (χ1v) is 6.70. The van der Waals surface area contributed by atoms with Crippen LogP contribution in [0.1, 0.15) is 37.5 Å². The lowest BCUT2D eigenvalue weighted by Crippen LogP contribution is -2.33. The normalized spacial score (nSPS) is 12.0. The fraction of sp³-hybridized carbons (Fsp3) is 0.438. The first kappa shape index (κ1) is 18.1. The second kappa shape index (κ2) is 6.42. The zero-order valence-corrected chi connectivity index (χ0v) is 13.1. The molecule has 0 spiro atoms. The maximum Gasteiger partial charge on any atom is 0.416 e. The van der Waals surface area contributed by atoms with E-state index in [1.54, 1.807) is 26.8 Å². The molecule has 1 aromatic rings. The van der Waals surface area contributed by atoms with Crippen LogP contribution in [-0.4, -0.2) is 23.6 Å². The monoisotopic (exact) mass is 315 g/mol. The molecule has 6 heteroatoms. The van der Waals surface area contributed by atoms with E-state index < -0.39 is 23.4 Å². The molecule has 0 atom stereocenters. The van der Waals surface area contributed by atoms with Crippen LogP contribution in [0.2, 0.25) is 0 Å². The van der Waals surface area contributed by atoms with Crippen molar-refractivity contribution in [2.75, 3.05) is 7.05 Å². The van der Waals surface area contributed by atoms with Gasteiger partial charge in [-0.2, -0.15) is 13.2 Å². The Hall–Kier alpha value is -1.98. The molecule has 3 nitrogen and oxygen atoms in total. The third-order valence-electron chi connectivity index (χ3n) is 2.70. The number of alkyl halides is 3. The van der Waals surface area contributed by atoms with E-state index in [-0.39, 0.29) is 6.54 Å². The van der Waals surface area contributed by atoms with Gasteiger partial charge in [0.15, 0.2) is 0 Å². The van der Waals surface area contributed by atoms with Gasteiger partial charge in [-0.05, 0) is 50.1 Å². The maximum atomic E-state index is 12.9. The lowest BCUT2D eigenvalue weighted by molar-refractivity contribution is -0.137. The van der Waals surface area contributed by atoms with Gasteiger partial charge in [-0.25, -0.2) is 4.79 Å². The highest BCUT2D eigenvalue weighted by atomic mass is 19.4. The molecule has 1 amide bonds. The summed E-state index contributed by atoms with van der Waals surface area (Å²) >= 11 is 0. The predicted molar refractivity (Wildman–Crippen MR) is 79.2 cm³/mol. The lowest BCUT2D eigenvalue weighted by Gasteiger charge is -2.25. The summed E-state index contributed by atoms with van der Waals surface area (Å²) in [6.07, 6.45) is -3.70. The quantitative estimate of drug-likeness (QED) is 0.808. The molecule has 22 heavy (non-hydrogen) atoms. The minimum Gasteiger partial charge on any atom is -0.444 e. The average molecular weight is 315 g/mol. The van der Waals surface area contributed by atoms with E-state index in [1.807, 2.05) is 0 Å². The van der Waals surface area contributed by atoms with Crippen molar-refractivity contribution in [1.82, 2.24) is 4.90 Å². The van der Waals surface area contributed by atoms with Gasteiger partial charge in [-0.1, -0.05) is 12.7 Å². The average Bonchev–Trinajstić information content (AvgIpc) is 2.35. The summed E-state index contributed by atoms with van der Waals surface area (Å²) in [7, 11) is 1.47. The van der Waals surface area contributed by atoms with Gasteiger partial charge in [-0.15, -0.1) is 0 Å². The van der Waals surface area contributed by atoms with E-state index >= 15 is 0 Å². The van der Waals surface area contributed by atoms with Gasteiger partial charge in [0.25, 0.3) is 0 Å². The molecular formula is C16H20F3NO2. The van der Waals surface area contributed by atoms with E-state index in [1.165, 1.54) is 18.0 Å². The molecule has 122 valence electrons. The molecule has 0 aliphatic heterocycles. The van der Waals surface area contributed by atoms with Gasteiger partial charge in [0.05, 0.1) is 5.56 Å². The Morgan fingerprint density at radius 2 is 1.86 bits per heavy atom. The molecule has 0 unspecified atom stereocenters. The number of carbonyl (C=O) groups excluding carboxylic acids is 1. The maximum absolute atomic E-state index is 12.9. The molecule has 0 radical (unpaired) electrons. The van der Waals surface area contributed by atoms with Crippen molar-refractivity contribution in [2.24, 2.45) is 0 Å². The Balaban J connectivity index is 2.97. The van der Waals surface area contributed by atoms with Gasteiger partial charge >= 0.3 is 12.3 Å². The number of hydrogen-bond acceptors (Lipinski definition) is 2. The molecule has 1 rings (SSSR count). The molecule has 0 aliphatic carbocycles. The topological polar surface area (TPSA) is 29.5 Å². The molecule has 0 aliphatic rings. The molecular weight excluding hydrogens is 295 g/mol. The van der Waals surface area contributed by atoms with Crippen molar-refractivity contribution >= 4 is 12.2 Å². The third-order valence-corrected chi connectivity index (χ3v) is 2.70. The van der Waals surface area contributed by atoms with E-state index in [0.29, 0.717) is 11.1 Å². The smallest absolute Gasteiger partial charge is 0.416 e. The van der Waals surface area contributed by atoms with Gasteiger partial charge in [0.1, 0.15) is 5.60 Å². The summed E-state index contributed by atoms with van der Waals surface area (Å²) in [6, 6.07) is 3.60. The van der Waals surface area contributed by atoms with Crippen molar-refractivity contribution in [1.29, 1.82) is 0 Å². The van der Waals surface area contributed by atoms with Crippen molar-refractivity contribution in [3.63, 3.8) is 0 Å². The fourth-order valence-corrected chi connectivity index (χ4v) is 1.77. The van der Waals surface area contributed by atoms with E-state index in [2.05, 4.69) is 6.58 Å². The number of nitrogens with zero attached hydrogens (tertiary/aromatic N) is 1. The predicted octanol–water partition coefficient (Wildman–Crippen LogP) is 4.72. The summed E-state index contributed by atoms with van der Waals surface area (Å²) in [5.41, 5.74) is -0.719. The van der Waals surface area contributed by atoms with E-state index in [9.17, 15) is 18.0 Å². The van der Waals surface area contributed by atoms with Crippen LogP contribution in [0.4, 0.5) is 18.0 Å². The van der Waals surface area contributed by atoms with Crippen LogP contribution >= 0.6 is 0 Å². The minimum absolute atomic E-state index is 0.0136. The van der Waals surface area contributed by atoms with E-state index in [4.69, 9.17) is 4.74 Å². The highest BCUT2D eigenvalue weighted by Crippen LogP contribution is 2.31. The highest BCUT2D eigenvalue weighted by molar-refractivity contribution is 5.67. The van der Waals surface area contributed by atoms with Crippen molar-refractivity contribution < 1.29 is 22.7 Å². The van der Waals surface area contributed by atoms with Crippen molar-refractivity contribution in [2.45, 2.75) is 39.1 Å². The lowest BCUT2D eigenvalue weighted by atomic mass is 10.0. The van der Waals surface area contributed by atoms with Crippen LogP contribution < -0.4 is 0 Å². The number of ether oxygens (including phenoxy) is 1. The molecule has 0 fully saturated rings. The number of amides is 1. The standard InChI is InChI=1S/C16H20F3NO2/c1-6-11-7-12(9-13(8-11)16(17,18)19)10-20(5)14(21)22-15(2,3)4/h6-9H,1,10H2,2-5H3. The van der Waals surface area contributed by atoms with Gasteiger partial charge < -0.3 is 9.64 Å². The van der Waals surface area contributed by atoms with E-state index in [0.717, 1.165) is 12.1 Å². The van der Waals surface area contributed by atoms with Crippen LogP contribution in [0.3, 0.4) is 0 Å². The molecule has 0 aromatic heterocycles. The molecule has 0 N–H and O–H groups in total. The first-order chi connectivity index (χ1) is 9.92. The number of hydrogen-bond donors (Lipinski definition) is 0. The van der Waals surface area contributed by atoms with Crippen molar-refractivity contribution in [3.8, 4) is 0 Å². The first-order valence-electron chi connectivity index (χ1n) is 6.70. The van der Waals surface area contributed by atoms with Crippen molar-refractivity contribution in [3.05, 3.63) is 41.5 Å². The zero-order valence-electron chi connectivity index (χ0n) is 13.1. The van der Waals surface area contributed by atoms with Gasteiger partial charge in [0.2, 0.25) is 0 Å². The molecule has 1 aromatic carbocycles. The Bertz CT molecular complexity index is 559. The van der Waals surface area contributed by atoms with Crippen LogP contribution in [-0.2, 0) is 17.5 Å². The van der Waals surface area contributed by atoms with Gasteiger partial charge in [0, 0.05) is 13.6 Å². The van der Waals surface area contributed by atoms with Crippen LogP contribution in [0.15, 0.2) is 24.8 Å². The third kappa shape index (κ3) is 5.42. The summed E-state index contributed by atoms with van der Waals surface area (Å²) in [6.45, 7) is 8.66. The number of carbonyl (C=O) groups is 1.